The predicted octanol–water partition coefficient (Wildman–Crippen LogP) is 4.96. The fraction of sp³-hybridized carbons (Fsp3) is 0.444. The lowest BCUT2D eigenvalue weighted by atomic mass is 9.96. The monoisotopic (exact) mass is 369 g/mol. The van der Waals surface area contributed by atoms with Gasteiger partial charge in [0.25, 0.3) is 0 Å². The molecule has 2 rings (SSSR count). The highest BCUT2D eigenvalue weighted by molar-refractivity contribution is 7.10. The molecule has 0 saturated carbocycles. The van der Waals surface area contributed by atoms with Gasteiger partial charge >= 0.3 is 0 Å². The van der Waals surface area contributed by atoms with Gasteiger partial charge in [0.2, 0.25) is 0 Å². The first-order chi connectivity index (χ1) is 11.3. The molecule has 2 aromatic rings. The number of nitrogens with one attached hydrogen (secondary N) is 1. The number of ether oxygens (including phenoxy) is 2. The van der Waals surface area contributed by atoms with E-state index in [4.69, 9.17) is 21.1 Å². The summed E-state index contributed by atoms with van der Waals surface area (Å²) in [7, 11) is 3.19. The van der Waals surface area contributed by atoms with E-state index < -0.39 is 6.10 Å². The summed E-state index contributed by atoms with van der Waals surface area (Å²) in [6.45, 7) is 7.15. The van der Waals surface area contributed by atoms with Crippen molar-refractivity contribution in [1.29, 1.82) is 0 Å². The highest BCUT2D eigenvalue weighted by atomic mass is 35.5. The van der Waals surface area contributed by atoms with E-state index >= 15 is 0 Å². The van der Waals surface area contributed by atoms with E-state index in [-0.39, 0.29) is 5.41 Å². The van der Waals surface area contributed by atoms with Crippen LogP contribution in [-0.2, 0) is 0 Å². The molecule has 0 aliphatic carbocycles. The van der Waals surface area contributed by atoms with Gasteiger partial charge in [-0.2, -0.15) is 0 Å². The second kappa shape index (κ2) is 7.64. The third-order valence-electron chi connectivity index (χ3n) is 3.53. The van der Waals surface area contributed by atoms with Crippen LogP contribution in [0.1, 0.15) is 37.3 Å². The van der Waals surface area contributed by atoms with Crippen LogP contribution in [0.4, 0.5) is 5.69 Å². The lowest BCUT2D eigenvalue weighted by molar-refractivity contribution is 0.219. The molecule has 0 aliphatic heterocycles. The lowest BCUT2D eigenvalue weighted by Crippen LogP contribution is -2.20. The first-order valence-corrected chi connectivity index (χ1v) is 8.93. The van der Waals surface area contributed by atoms with Crippen LogP contribution in [0.5, 0.6) is 11.5 Å². The Morgan fingerprint density at radius 2 is 1.88 bits per heavy atom. The molecular formula is C18H24ClNO3S. The summed E-state index contributed by atoms with van der Waals surface area (Å²) in [5.74, 6) is 1.27. The number of anilines is 1. The second-order valence-corrected chi connectivity index (χ2v) is 8.13. The molecule has 0 fully saturated rings. The topological polar surface area (TPSA) is 50.7 Å². The van der Waals surface area contributed by atoms with Gasteiger partial charge in [-0.15, -0.1) is 11.3 Å². The molecular weight excluding hydrogens is 346 g/mol. The predicted molar refractivity (Wildman–Crippen MR) is 101 cm³/mol. The summed E-state index contributed by atoms with van der Waals surface area (Å²) in [6.07, 6.45) is -0.852. The summed E-state index contributed by atoms with van der Waals surface area (Å²) >= 11 is 7.67. The van der Waals surface area contributed by atoms with Crippen LogP contribution in [-0.4, -0.2) is 25.9 Å². The van der Waals surface area contributed by atoms with Crippen LogP contribution in [0.3, 0.4) is 0 Å². The molecule has 0 radical (unpaired) electrons. The Labute approximate surface area is 152 Å². The van der Waals surface area contributed by atoms with E-state index in [9.17, 15) is 5.11 Å². The molecule has 6 heteroatoms. The number of aliphatic hydroxyl groups excluding tert-OH is 1. The first kappa shape index (κ1) is 18.9. The number of benzene rings is 1. The molecule has 1 atom stereocenters. The number of hydrogen-bond acceptors (Lipinski definition) is 5. The van der Waals surface area contributed by atoms with Gasteiger partial charge in [0, 0.05) is 23.2 Å². The van der Waals surface area contributed by atoms with Gasteiger partial charge in [-0.05, 0) is 22.9 Å². The van der Waals surface area contributed by atoms with E-state index in [1.807, 2.05) is 11.4 Å². The summed E-state index contributed by atoms with van der Waals surface area (Å²) in [4.78, 5) is 0.737. The maximum atomic E-state index is 10.9. The molecule has 1 unspecified atom stereocenters. The molecule has 0 aliphatic rings. The van der Waals surface area contributed by atoms with Crippen molar-refractivity contribution in [3.05, 3.63) is 39.0 Å². The Balaban J connectivity index is 2.48. The van der Waals surface area contributed by atoms with E-state index in [0.29, 0.717) is 22.1 Å². The van der Waals surface area contributed by atoms with Crippen LogP contribution in [0.2, 0.25) is 5.02 Å². The molecule has 2 N–H and O–H groups in total. The Hall–Kier alpha value is -1.43. The summed E-state index contributed by atoms with van der Waals surface area (Å²) in [5, 5.41) is 16.7. The standard InChI is InChI=1S/C18H24ClNO3S/c1-18(2,3)10-20-15-12(8-11(19)9-14(15)23-5)16(21)17-13(22-4)6-7-24-17/h6-9,16,20-21H,10H2,1-5H3. The maximum Gasteiger partial charge on any atom is 0.143 e. The van der Waals surface area contributed by atoms with Gasteiger partial charge in [0.15, 0.2) is 0 Å². The third-order valence-corrected chi connectivity index (χ3v) is 4.70. The van der Waals surface area contributed by atoms with Crippen LogP contribution in [0.25, 0.3) is 0 Å². The van der Waals surface area contributed by atoms with Crippen LogP contribution in [0.15, 0.2) is 23.6 Å². The number of halogens is 1. The molecule has 0 spiro atoms. The van der Waals surface area contributed by atoms with E-state index in [0.717, 1.165) is 17.1 Å². The van der Waals surface area contributed by atoms with Crippen molar-refractivity contribution in [2.45, 2.75) is 26.9 Å². The van der Waals surface area contributed by atoms with Crippen LogP contribution >= 0.6 is 22.9 Å². The summed E-state index contributed by atoms with van der Waals surface area (Å²) in [5.41, 5.74) is 1.50. The number of thiophene rings is 1. The van der Waals surface area contributed by atoms with E-state index in [1.165, 1.54) is 11.3 Å². The molecule has 0 saturated heterocycles. The van der Waals surface area contributed by atoms with Crippen LogP contribution < -0.4 is 14.8 Å². The van der Waals surface area contributed by atoms with Crippen molar-refractivity contribution in [2.24, 2.45) is 5.41 Å². The van der Waals surface area contributed by atoms with Crippen molar-refractivity contribution in [2.75, 3.05) is 26.1 Å². The Morgan fingerprint density at radius 3 is 2.46 bits per heavy atom. The largest absolute Gasteiger partial charge is 0.495 e. The minimum absolute atomic E-state index is 0.0769. The molecule has 1 aromatic carbocycles. The average Bonchev–Trinajstić information content (AvgIpc) is 2.99. The summed E-state index contributed by atoms with van der Waals surface area (Å²) in [6, 6.07) is 5.35. The molecule has 0 bridgehead atoms. The van der Waals surface area contributed by atoms with Gasteiger partial charge < -0.3 is 19.9 Å². The minimum atomic E-state index is -0.852. The van der Waals surface area contributed by atoms with Crippen molar-refractivity contribution >= 4 is 28.6 Å². The highest BCUT2D eigenvalue weighted by Gasteiger charge is 2.24. The highest BCUT2D eigenvalue weighted by Crippen LogP contribution is 2.42. The van der Waals surface area contributed by atoms with Gasteiger partial charge in [-0.3, -0.25) is 0 Å². The smallest absolute Gasteiger partial charge is 0.143 e. The van der Waals surface area contributed by atoms with Crippen molar-refractivity contribution in [3.8, 4) is 11.5 Å². The molecule has 1 heterocycles. The zero-order valence-electron chi connectivity index (χ0n) is 14.6. The van der Waals surface area contributed by atoms with Gasteiger partial charge in [0.1, 0.15) is 17.6 Å². The van der Waals surface area contributed by atoms with Crippen molar-refractivity contribution in [3.63, 3.8) is 0 Å². The molecule has 0 amide bonds. The second-order valence-electron chi connectivity index (χ2n) is 6.74. The third kappa shape index (κ3) is 4.35. The fourth-order valence-corrected chi connectivity index (χ4v) is 3.42. The first-order valence-electron chi connectivity index (χ1n) is 7.67. The summed E-state index contributed by atoms with van der Waals surface area (Å²) < 4.78 is 10.8. The zero-order valence-corrected chi connectivity index (χ0v) is 16.2. The lowest BCUT2D eigenvalue weighted by Gasteiger charge is -2.24. The minimum Gasteiger partial charge on any atom is -0.495 e. The number of methoxy groups -OCH3 is 2. The quantitative estimate of drug-likeness (QED) is 0.755. The fourth-order valence-electron chi connectivity index (χ4n) is 2.34. The van der Waals surface area contributed by atoms with E-state index in [2.05, 4.69) is 26.1 Å². The Bertz CT molecular complexity index is 694. The molecule has 24 heavy (non-hydrogen) atoms. The average molecular weight is 370 g/mol. The maximum absolute atomic E-state index is 10.9. The zero-order chi connectivity index (χ0) is 17.9. The number of hydrogen-bond donors (Lipinski definition) is 2. The van der Waals surface area contributed by atoms with Gasteiger partial charge in [0.05, 0.1) is 24.8 Å². The number of rotatable bonds is 6. The normalized spacial score (nSPS) is 12.8. The SMILES string of the molecule is COc1ccsc1C(O)c1cc(Cl)cc(OC)c1NCC(C)(C)C. The van der Waals surface area contributed by atoms with Crippen LogP contribution in [0, 0.1) is 5.41 Å². The van der Waals surface area contributed by atoms with E-state index in [1.54, 1.807) is 26.4 Å². The molecule has 1 aromatic heterocycles. The van der Waals surface area contributed by atoms with Crippen molar-refractivity contribution < 1.29 is 14.6 Å². The van der Waals surface area contributed by atoms with Gasteiger partial charge in [-0.1, -0.05) is 32.4 Å². The molecule has 132 valence electrons. The van der Waals surface area contributed by atoms with Gasteiger partial charge in [-0.25, -0.2) is 0 Å². The Kier molecular flexibility index (Phi) is 6.01. The molecule has 4 nitrogen and oxygen atoms in total. The van der Waals surface area contributed by atoms with Crippen molar-refractivity contribution in [1.82, 2.24) is 0 Å². The Morgan fingerprint density at radius 1 is 1.21 bits per heavy atom. The number of aliphatic hydroxyl groups is 1.